The smallest absolute Gasteiger partial charge is 0.388 e. The zero-order valence-electron chi connectivity index (χ0n) is 13.3. The normalized spacial score (nSPS) is 11.6. The molecule has 112 valence electrons. The molecule has 0 aliphatic carbocycles. The monoisotopic (exact) mass is 300 g/mol. The Balaban J connectivity index is 2.63. The van der Waals surface area contributed by atoms with Gasteiger partial charge in [0.2, 0.25) is 0 Å². The van der Waals surface area contributed by atoms with E-state index in [1.807, 2.05) is 19.9 Å². The number of benzene rings is 2. The minimum atomic E-state index is -2.61. The van der Waals surface area contributed by atoms with Crippen LogP contribution in [0.2, 0.25) is 0 Å². The molecule has 0 aliphatic heterocycles. The van der Waals surface area contributed by atoms with Gasteiger partial charge in [0.15, 0.2) is 0 Å². The molecule has 3 heteroatoms. The molecule has 0 fully saturated rings. The van der Waals surface area contributed by atoms with Crippen molar-refractivity contribution in [2.75, 3.05) is 13.2 Å². The second-order valence-electron chi connectivity index (χ2n) is 5.23. The zero-order chi connectivity index (χ0) is 15.3. The fourth-order valence-electron chi connectivity index (χ4n) is 2.77. The SMILES string of the molecule is CCO[Si](OCC)(c1ccccc1)c1cc(C)cc(C)c1. The lowest BCUT2D eigenvalue weighted by molar-refractivity contribution is 0.208. The second-order valence-corrected chi connectivity index (χ2v) is 8.19. The Morgan fingerprint density at radius 3 is 1.76 bits per heavy atom. The Morgan fingerprint density at radius 1 is 0.762 bits per heavy atom. The molecule has 0 aliphatic rings. The van der Waals surface area contributed by atoms with Gasteiger partial charge in [-0.2, -0.15) is 0 Å². The predicted octanol–water partition coefficient (Wildman–Crippen LogP) is 2.93. The van der Waals surface area contributed by atoms with Crippen LogP contribution in [0.15, 0.2) is 48.5 Å². The Hall–Kier alpha value is -1.42. The van der Waals surface area contributed by atoms with Crippen molar-refractivity contribution in [1.29, 1.82) is 0 Å². The van der Waals surface area contributed by atoms with Gasteiger partial charge in [0.1, 0.15) is 0 Å². The summed E-state index contributed by atoms with van der Waals surface area (Å²) in [5.74, 6) is 0. The van der Waals surface area contributed by atoms with Gasteiger partial charge in [-0.15, -0.1) is 0 Å². The van der Waals surface area contributed by atoms with Gasteiger partial charge >= 0.3 is 8.56 Å². The van der Waals surface area contributed by atoms with Crippen molar-refractivity contribution in [3.8, 4) is 0 Å². The maximum absolute atomic E-state index is 6.27. The molecule has 2 nitrogen and oxygen atoms in total. The largest absolute Gasteiger partial charge is 0.407 e. The maximum atomic E-state index is 6.27. The summed E-state index contributed by atoms with van der Waals surface area (Å²) >= 11 is 0. The lowest BCUT2D eigenvalue weighted by atomic mass is 10.2. The number of hydrogen-bond acceptors (Lipinski definition) is 2. The molecule has 0 unspecified atom stereocenters. The van der Waals surface area contributed by atoms with E-state index in [0.29, 0.717) is 13.2 Å². The summed E-state index contributed by atoms with van der Waals surface area (Å²) in [5.41, 5.74) is 2.49. The highest BCUT2D eigenvalue weighted by Crippen LogP contribution is 2.13. The van der Waals surface area contributed by atoms with E-state index in [1.54, 1.807) is 0 Å². The molecule has 0 radical (unpaired) electrons. The third-order valence-electron chi connectivity index (χ3n) is 3.45. The number of aryl methyl sites for hydroxylation is 2. The summed E-state index contributed by atoms with van der Waals surface area (Å²) in [6, 6.07) is 17.0. The summed E-state index contributed by atoms with van der Waals surface area (Å²) < 4.78 is 12.5. The van der Waals surface area contributed by atoms with Gasteiger partial charge in [-0.3, -0.25) is 0 Å². The van der Waals surface area contributed by atoms with Gasteiger partial charge in [-0.1, -0.05) is 59.7 Å². The third kappa shape index (κ3) is 3.43. The molecule has 0 heterocycles. The molecular formula is C18H24O2Si. The Labute approximate surface area is 129 Å². The lowest BCUT2D eigenvalue weighted by Crippen LogP contribution is -2.63. The van der Waals surface area contributed by atoms with E-state index in [0.717, 1.165) is 0 Å². The third-order valence-corrected chi connectivity index (χ3v) is 6.98. The first kappa shape index (κ1) is 16.0. The van der Waals surface area contributed by atoms with Crippen LogP contribution in [-0.2, 0) is 8.85 Å². The highest BCUT2D eigenvalue weighted by molar-refractivity contribution is 6.92. The van der Waals surface area contributed by atoms with Gasteiger partial charge in [-0.25, -0.2) is 0 Å². The Kier molecular flexibility index (Phi) is 5.34. The van der Waals surface area contributed by atoms with Crippen LogP contribution in [-0.4, -0.2) is 21.8 Å². The first-order chi connectivity index (χ1) is 10.1. The van der Waals surface area contributed by atoms with Crippen LogP contribution in [0.5, 0.6) is 0 Å². The summed E-state index contributed by atoms with van der Waals surface area (Å²) in [7, 11) is -2.61. The van der Waals surface area contributed by atoms with Crippen molar-refractivity contribution in [2.45, 2.75) is 27.7 Å². The first-order valence-corrected chi connectivity index (χ1v) is 9.36. The average molecular weight is 300 g/mol. The van der Waals surface area contributed by atoms with Crippen molar-refractivity contribution < 1.29 is 8.85 Å². The standard InChI is InChI=1S/C18H24O2Si/c1-5-19-21(20-6-2,17-10-8-7-9-11-17)18-13-15(3)12-16(4)14-18/h7-14H,5-6H2,1-4H3. The van der Waals surface area contributed by atoms with E-state index in [2.05, 4.69) is 56.3 Å². The molecule has 21 heavy (non-hydrogen) atoms. The van der Waals surface area contributed by atoms with Crippen LogP contribution in [0.4, 0.5) is 0 Å². The van der Waals surface area contributed by atoms with E-state index in [-0.39, 0.29) is 0 Å². The van der Waals surface area contributed by atoms with Crippen LogP contribution >= 0.6 is 0 Å². The highest BCUT2D eigenvalue weighted by atomic mass is 28.4. The topological polar surface area (TPSA) is 18.5 Å². The molecule has 0 saturated carbocycles. The molecule has 2 aromatic rings. The molecule has 0 amide bonds. The number of hydrogen-bond donors (Lipinski definition) is 0. The lowest BCUT2D eigenvalue weighted by Gasteiger charge is -2.31. The fourth-order valence-corrected chi connectivity index (χ4v) is 6.13. The average Bonchev–Trinajstić information content (AvgIpc) is 2.47. The van der Waals surface area contributed by atoms with Gasteiger partial charge in [0.05, 0.1) is 0 Å². The highest BCUT2D eigenvalue weighted by Gasteiger charge is 2.42. The van der Waals surface area contributed by atoms with E-state index < -0.39 is 8.56 Å². The van der Waals surface area contributed by atoms with E-state index in [9.17, 15) is 0 Å². The Morgan fingerprint density at radius 2 is 1.29 bits per heavy atom. The van der Waals surface area contributed by atoms with Gasteiger partial charge in [-0.05, 0) is 38.1 Å². The first-order valence-electron chi connectivity index (χ1n) is 7.54. The minimum absolute atomic E-state index is 0.647. The van der Waals surface area contributed by atoms with E-state index >= 15 is 0 Å². The molecule has 0 N–H and O–H groups in total. The molecule has 0 saturated heterocycles. The van der Waals surface area contributed by atoms with Gasteiger partial charge < -0.3 is 8.85 Å². The van der Waals surface area contributed by atoms with Crippen molar-refractivity contribution in [1.82, 2.24) is 0 Å². The predicted molar refractivity (Wildman–Crippen MR) is 90.6 cm³/mol. The van der Waals surface area contributed by atoms with Crippen molar-refractivity contribution in [2.24, 2.45) is 0 Å². The van der Waals surface area contributed by atoms with Crippen LogP contribution in [0, 0.1) is 13.8 Å². The van der Waals surface area contributed by atoms with Crippen molar-refractivity contribution >= 4 is 18.9 Å². The summed E-state index contributed by atoms with van der Waals surface area (Å²) in [6.07, 6.45) is 0. The molecule has 0 atom stereocenters. The van der Waals surface area contributed by atoms with Crippen LogP contribution in [0.1, 0.15) is 25.0 Å². The van der Waals surface area contributed by atoms with Gasteiger partial charge in [0.25, 0.3) is 0 Å². The quantitative estimate of drug-likeness (QED) is 0.764. The summed E-state index contributed by atoms with van der Waals surface area (Å²) in [5, 5.41) is 2.36. The van der Waals surface area contributed by atoms with Crippen LogP contribution in [0.25, 0.3) is 0 Å². The molecule has 0 bridgehead atoms. The summed E-state index contributed by atoms with van der Waals surface area (Å²) in [4.78, 5) is 0. The van der Waals surface area contributed by atoms with Crippen LogP contribution in [0.3, 0.4) is 0 Å². The van der Waals surface area contributed by atoms with E-state index in [4.69, 9.17) is 8.85 Å². The molecule has 0 spiro atoms. The maximum Gasteiger partial charge on any atom is 0.407 e. The summed E-state index contributed by atoms with van der Waals surface area (Å²) in [6.45, 7) is 9.61. The molecule has 2 aromatic carbocycles. The number of rotatable bonds is 6. The molecular weight excluding hydrogens is 276 g/mol. The second kappa shape index (κ2) is 7.03. The van der Waals surface area contributed by atoms with Gasteiger partial charge in [0, 0.05) is 13.2 Å². The van der Waals surface area contributed by atoms with Crippen LogP contribution < -0.4 is 10.4 Å². The molecule has 2 rings (SSSR count). The van der Waals surface area contributed by atoms with Crippen molar-refractivity contribution in [3.05, 3.63) is 59.7 Å². The van der Waals surface area contributed by atoms with E-state index in [1.165, 1.54) is 21.5 Å². The Bertz CT molecular complexity index is 555. The van der Waals surface area contributed by atoms with Crippen molar-refractivity contribution in [3.63, 3.8) is 0 Å². The fraction of sp³-hybridized carbons (Fsp3) is 0.333. The minimum Gasteiger partial charge on any atom is -0.388 e. The molecule has 0 aromatic heterocycles. The zero-order valence-corrected chi connectivity index (χ0v) is 14.3.